The van der Waals surface area contributed by atoms with Crippen LogP contribution in [0.1, 0.15) is 80.1 Å². The Hall–Kier alpha value is -0.690. The number of hydrogen-bond acceptors (Lipinski definition) is 6. The Morgan fingerprint density at radius 1 is 0.912 bits per heavy atom. The topological polar surface area (TPSA) is 107 Å². The largest absolute Gasteiger partial charge is 0.465 e. The number of cyclic esters (lactones) is 1. The molecular weight excluding hydrogens is 432 g/mol. The first-order valence-corrected chi connectivity index (χ1v) is 13.7. The first-order valence-electron chi connectivity index (χ1n) is 13.7. The molecule has 34 heavy (non-hydrogen) atoms. The lowest BCUT2D eigenvalue weighted by molar-refractivity contribution is -0.162. The van der Waals surface area contributed by atoms with E-state index in [1.807, 2.05) is 6.92 Å². The average molecular weight is 481 g/mol. The van der Waals surface area contributed by atoms with Crippen LogP contribution in [0.25, 0.3) is 0 Å². The van der Waals surface area contributed by atoms with E-state index in [1.165, 1.54) is 0 Å². The summed E-state index contributed by atoms with van der Waals surface area (Å²) in [4.78, 5) is 13.0. The lowest BCUT2D eigenvalue weighted by Gasteiger charge is -2.56. The van der Waals surface area contributed by atoms with Crippen LogP contribution in [0, 0.1) is 58.2 Å². The molecule has 0 unspecified atom stereocenters. The molecule has 3 aliphatic carbocycles. The first-order chi connectivity index (χ1) is 15.8. The maximum absolute atomic E-state index is 13.0. The van der Waals surface area contributed by atoms with Gasteiger partial charge in [-0.25, -0.2) is 0 Å². The van der Waals surface area contributed by atoms with Crippen molar-refractivity contribution in [3.05, 3.63) is 0 Å². The van der Waals surface area contributed by atoms with Gasteiger partial charge < -0.3 is 25.2 Å². The predicted octanol–water partition coefficient (Wildman–Crippen LogP) is 3.39. The van der Waals surface area contributed by atoms with Gasteiger partial charge in [-0.3, -0.25) is 4.79 Å². The van der Waals surface area contributed by atoms with Crippen LogP contribution >= 0.6 is 0 Å². The van der Waals surface area contributed by atoms with Crippen molar-refractivity contribution in [2.45, 2.75) is 104 Å². The number of aliphatic hydroxyl groups is 4. The van der Waals surface area contributed by atoms with Crippen LogP contribution in [0.3, 0.4) is 0 Å². The number of fused-ring (bicyclic) bond motifs is 5. The van der Waals surface area contributed by atoms with Gasteiger partial charge in [0, 0.05) is 0 Å². The number of carbonyl (C=O) groups excluding carboxylic acids is 1. The van der Waals surface area contributed by atoms with Crippen molar-refractivity contribution in [1.82, 2.24) is 0 Å². The van der Waals surface area contributed by atoms with E-state index in [2.05, 4.69) is 34.6 Å². The Morgan fingerprint density at radius 2 is 1.56 bits per heavy atom. The Morgan fingerprint density at radius 3 is 2.21 bits per heavy atom. The van der Waals surface area contributed by atoms with Gasteiger partial charge in [0.25, 0.3) is 0 Å². The van der Waals surface area contributed by atoms with E-state index in [4.69, 9.17) is 4.74 Å². The summed E-state index contributed by atoms with van der Waals surface area (Å²) in [6.07, 6.45) is 1.61. The number of aliphatic hydroxyl groups excluding tert-OH is 4. The second-order valence-electron chi connectivity index (χ2n) is 13.3. The molecule has 4 N–H and O–H groups in total. The Labute approximate surface area is 205 Å². The van der Waals surface area contributed by atoms with Crippen LogP contribution in [0.15, 0.2) is 0 Å². The molecule has 0 amide bonds. The molecule has 196 valence electrons. The van der Waals surface area contributed by atoms with Gasteiger partial charge in [0.1, 0.15) is 0 Å². The Bertz CT molecular complexity index is 755. The summed E-state index contributed by atoms with van der Waals surface area (Å²) in [6, 6.07) is 0. The molecule has 4 rings (SSSR count). The molecule has 0 radical (unpaired) electrons. The molecule has 6 heteroatoms. The fraction of sp³-hybridized carbons (Fsp3) is 0.964. The minimum Gasteiger partial charge on any atom is -0.465 e. The zero-order valence-electron chi connectivity index (χ0n) is 22.0. The van der Waals surface area contributed by atoms with Crippen molar-refractivity contribution in [2.75, 3.05) is 6.61 Å². The molecule has 1 saturated heterocycles. The SMILES string of the molecule is CC(C)[C@H](C)[C@@H](O)[C@H](O)[C@@H](C)[C@@H]1CC[C@@H]2[C@@H]3COC(=O)[C@@H]4C[C@H](O)[C@H](O)C[C@]4(C)[C@@H]3CC[C@@]21C. The molecule has 13 atom stereocenters. The van der Waals surface area contributed by atoms with Crippen LogP contribution in [0.5, 0.6) is 0 Å². The fourth-order valence-electron chi connectivity index (χ4n) is 8.95. The van der Waals surface area contributed by atoms with E-state index < -0.39 is 24.4 Å². The molecule has 4 fully saturated rings. The molecule has 0 aromatic carbocycles. The zero-order chi connectivity index (χ0) is 25.2. The molecular formula is C28H48O6. The molecule has 3 saturated carbocycles. The lowest BCUT2D eigenvalue weighted by atomic mass is 9.48. The molecule has 0 bridgehead atoms. The molecule has 6 nitrogen and oxygen atoms in total. The first kappa shape index (κ1) is 26.4. The molecule has 0 aromatic rings. The van der Waals surface area contributed by atoms with Crippen LogP contribution in [0.2, 0.25) is 0 Å². The van der Waals surface area contributed by atoms with E-state index in [1.54, 1.807) is 0 Å². The second-order valence-corrected chi connectivity index (χ2v) is 13.3. The van der Waals surface area contributed by atoms with Gasteiger partial charge in [-0.2, -0.15) is 0 Å². The minimum atomic E-state index is -0.867. The van der Waals surface area contributed by atoms with Crippen LogP contribution in [0.4, 0.5) is 0 Å². The summed E-state index contributed by atoms with van der Waals surface area (Å²) in [5.41, 5.74) is -0.345. The average Bonchev–Trinajstić information content (AvgIpc) is 3.09. The van der Waals surface area contributed by atoms with Crippen LogP contribution in [-0.2, 0) is 9.53 Å². The quantitative estimate of drug-likeness (QED) is 0.450. The maximum Gasteiger partial charge on any atom is 0.309 e. The van der Waals surface area contributed by atoms with E-state index in [-0.39, 0.29) is 52.8 Å². The molecule has 0 aromatic heterocycles. The highest BCUT2D eigenvalue weighted by Crippen LogP contribution is 2.66. The van der Waals surface area contributed by atoms with Crippen molar-refractivity contribution < 1.29 is 30.0 Å². The fourth-order valence-corrected chi connectivity index (χ4v) is 8.95. The summed E-state index contributed by atoms with van der Waals surface area (Å²) < 4.78 is 5.86. The van der Waals surface area contributed by atoms with Gasteiger partial charge in [-0.1, -0.05) is 41.5 Å². The summed E-state index contributed by atoms with van der Waals surface area (Å²) in [5.74, 6) is 0.948. The molecule has 4 aliphatic rings. The number of ether oxygens (including phenoxy) is 1. The third-order valence-electron chi connectivity index (χ3n) is 11.5. The van der Waals surface area contributed by atoms with Gasteiger partial charge in [0.15, 0.2) is 0 Å². The van der Waals surface area contributed by atoms with Gasteiger partial charge in [-0.15, -0.1) is 0 Å². The summed E-state index contributed by atoms with van der Waals surface area (Å²) >= 11 is 0. The number of carbonyl (C=O) groups is 1. The molecule has 1 aliphatic heterocycles. The summed E-state index contributed by atoms with van der Waals surface area (Å²) in [7, 11) is 0. The third kappa shape index (κ3) is 4.05. The van der Waals surface area contributed by atoms with E-state index in [0.29, 0.717) is 30.8 Å². The number of esters is 1. The Kier molecular flexibility index (Phi) is 7.23. The van der Waals surface area contributed by atoms with Crippen molar-refractivity contribution in [3.8, 4) is 0 Å². The van der Waals surface area contributed by atoms with E-state index >= 15 is 0 Å². The number of rotatable bonds is 5. The Balaban J connectivity index is 1.58. The highest BCUT2D eigenvalue weighted by atomic mass is 16.5. The summed E-state index contributed by atoms with van der Waals surface area (Å²) in [6.45, 7) is 13.2. The van der Waals surface area contributed by atoms with Gasteiger partial charge >= 0.3 is 5.97 Å². The van der Waals surface area contributed by atoms with Crippen molar-refractivity contribution in [1.29, 1.82) is 0 Å². The van der Waals surface area contributed by atoms with E-state index in [0.717, 1.165) is 25.7 Å². The van der Waals surface area contributed by atoms with E-state index in [9.17, 15) is 25.2 Å². The van der Waals surface area contributed by atoms with Gasteiger partial charge in [0.05, 0.1) is 36.9 Å². The zero-order valence-corrected chi connectivity index (χ0v) is 22.0. The highest BCUT2D eigenvalue weighted by Gasteiger charge is 2.63. The van der Waals surface area contributed by atoms with Crippen molar-refractivity contribution >= 4 is 5.97 Å². The smallest absolute Gasteiger partial charge is 0.309 e. The predicted molar refractivity (Wildman–Crippen MR) is 130 cm³/mol. The van der Waals surface area contributed by atoms with Crippen LogP contribution in [-0.4, -0.2) is 57.4 Å². The van der Waals surface area contributed by atoms with Gasteiger partial charge in [-0.05, 0) is 90.8 Å². The van der Waals surface area contributed by atoms with Crippen molar-refractivity contribution in [2.24, 2.45) is 58.2 Å². The standard InChI is InChI=1S/C28H48O6/c1-14(2)15(3)24(31)25(32)16(4)18-7-8-19-17-13-34-26(33)21-11-22(29)23(30)12-28(21,6)20(17)9-10-27(18,19)5/h14-25,29-32H,7-13H2,1-6H3/t15-,16-,17-,18-,19+,20+,21-,22-,23+,24+,25+,27+,28+/m0/s1. The number of hydrogen-bond donors (Lipinski definition) is 4. The van der Waals surface area contributed by atoms with Gasteiger partial charge in [0.2, 0.25) is 0 Å². The third-order valence-corrected chi connectivity index (χ3v) is 11.5. The second kappa shape index (κ2) is 9.32. The maximum atomic E-state index is 13.0. The molecule has 0 spiro atoms. The minimum absolute atomic E-state index is 0.00827. The summed E-state index contributed by atoms with van der Waals surface area (Å²) in [5, 5.41) is 42.9. The monoisotopic (exact) mass is 480 g/mol. The molecule has 1 heterocycles. The normalized spacial score (nSPS) is 48.1. The van der Waals surface area contributed by atoms with Crippen molar-refractivity contribution in [3.63, 3.8) is 0 Å². The lowest BCUT2D eigenvalue weighted by Crippen LogP contribution is -2.55. The van der Waals surface area contributed by atoms with Crippen LogP contribution < -0.4 is 0 Å². The highest BCUT2D eigenvalue weighted by molar-refractivity contribution is 5.74.